The molecule has 0 aliphatic carbocycles. The number of fused-ring (bicyclic) bond motifs is 1. The van der Waals surface area contributed by atoms with Crippen LogP contribution in [0.2, 0.25) is 0 Å². The van der Waals surface area contributed by atoms with Gasteiger partial charge >= 0.3 is 0 Å². The number of anilines is 2. The van der Waals surface area contributed by atoms with Gasteiger partial charge in [0.15, 0.2) is 0 Å². The molecular formula is C15H13NRu. The Morgan fingerprint density at radius 3 is 2.35 bits per heavy atom. The molecule has 0 amide bonds. The van der Waals surface area contributed by atoms with E-state index in [0.717, 1.165) is 6.54 Å². The van der Waals surface area contributed by atoms with Crippen molar-refractivity contribution >= 4 is 17.5 Å². The predicted molar refractivity (Wildman–Crippen MR) is 68.9 cm³/mol. The van der Waals surface area contributed by atoms with E-state index in [2.05, 4.69) is 71.6 Å². The second kappa shape index (κ2) is 5.29. The summed E-state index contributed by atoms with van der Waals surface area (Å²) in [6.07, 6.45) is 4.39. The molecule has 0 aromatic heterocycles. The summed E-state index contributed by atoms with van der Waals surface area (Å²) in [6, 6.07) is 19.0. The molecule has 1 heterocycles. The van der Waals surface area contributed by atoms with Gasteiger partial charge < -0.3 is 4.90 Å². The predicted octanol–water partition coefficient (Wildman–Crippen LogP) is 3.85. The normalized spacial score (nSPS) is 12.8. The van der Waals surface area contributed by atoms with Gasteiger partial charge in [0.2, 0.25) is 0 Å². The van der Waals surface area contributed by atoms with Crippen LogP contribution in [-0.2, 0) is 19.5 Å². The summed E-state index contributed by atoms with van der Waals surface area (Å²) in [4.78, 5) is 2.33. The molecule has 0 bridgehead atoms. The first-order valence-corrected chi connectivity index (χ1v) is 5.53. The number of benzene rings is 2. The van der Waals surface area contributed by atoms with Crippen molar-refractivity contribution in [3.05, 3.63) is 66.2 Å². The number of hydrogen-bond donors (Lipinski definition) is 0. The average molecular weight is 308 g/mol. The first-order valence-electron chi connectivity index (χ1n) is 5.53. The number of para-hydroxylation sites is 2. The van der Waals surface area contributed by atoms with Gasteiger partial charge in [-0.15, -0.1) is 0 Å². The minimum absolute atomic E-state index is 0. The zero-order valence-electron chi connectivity index (χ0n) is 9.36. The van der Waals surface area contributed by atoms with E-state index < -0.39 is 0 Å². The molecule has 1 aliphatic rings. The van der Waals surface area contributed by atoms with Crippen LogP contribution in [0, 0.1) is 0 Å². The molecule has 2 heteroatoms. The van der Waals surface area contributed by atoms with Gasteiger partial charge in [0.25, 0.3) is 0 Å². The molecule has 86 valence electrons. The Balaban J connectivity index is 0.00000108. The van der Waals surface area contributed by atoms with Crippen LogP contribution in [0.3, 0.4) is 0 Å². The van der Waals surface area contributed by atoms with Crippen molar-refractivity contribution in [3.8, 4) is 0 Å². The van der Waals surface area contributed by atoms with Crippen LogP contribution in [0.15, 0.2) is 60.7 Å². The molecule has 3 rings (SSSR count). The van der Waals surface area contributed by atoms with E-state index in [0.29, 0.717) is 0 Å². The summed E-state index contributed by atoms with van der Waals surface area (Å²) in [5.41, 5.74) is 3.83. The molecule has 0 fully saturated rings. The molecule has 2 aromatic rings. The molecule has 0 atom stereocenters. The second-order valence-electron chi connectivity index (χ2n) is 3.91. The van der Waals surface area contributed by atoms with Crippen LogP contribution < -0.4 is 4.90 Å². The van der Waals surface area contributed by atoms with E-state index in [-0.39, 0.29) is 19.5 Å². The molecule has 0 unspecified atom stereocenters. The zero-order chi connectivity index (χ0) is 10.8. The van der Waals surface area contributed by atoms with Gasteiger partial charge in [0.05, 0.1) is 0 Å². The third-order valence-corrected chi connectivity index (χ3v) is 2.88. The van der Waals surface area contributed by atoms with E-state index in [1.807, 2.05) is 0 Å². The number of rotatable bonds is 1. The maximum absolute atomic E-state index is 2.33. The minimum atomic E-state index is 0. The Bertz CT molecular complexity index is 519. The van der Waals surface area contributed by atoms with Crippen molar-refractivity contribution in [2.45, 2.75) is 0 Å². The second-order valence-corrected chi connectivity index (χ2v) is 3.91. The van der Waals surface area contributed by atoms with Crippen molar-refractivity contribution in [2.24, 2.45) is 0 Å². The maximum Gasteiger partial charge on any atom is 0.0487 e. The fourth-order valence-corrected chi connectivity index (χ4v) is 2.11. The monoisotopic (exact) mass is 309 g/mol. The van der Waals surface area contributed by atoms with Gasteiger partial charge in [-0.3, -0.25) is 0 Å². The van der Waals surface area contributed by atoms with E-state index in [4.69, 9.17) is 0 Å². The summed E-state index contributed by atoms with van der Waals surface area (Å²) in [5, 5.41) is 0. The largest absolute Gasteiger partial charge is 0.337 e. The minimum Gasteiger partial charge on any atom is -0.337 e. The van der Waals surface area contributed by atoms with E-state index in [9.17, 15) is 0 Å². The third kappa shape index (κ3) is 2.32. The van der Waals surface area contributed by atoms with Crippen LogP contribution in [-0.4, -0.2) is 6.54 Å². The van der Waals surface area contributed by atoms with Gasteiger partial charge in [0, 0.05) is 37.4 Å². The van der Waals surface area contributed by atoms with Gasteiger partial charge in [-0.2, -0.15) is 0 Å². The molecule has 0 spiro atoms. The number of nitrogens with zero attached hydrogens (tertiary/aromatic N) is 1. The van der Waals surface area contributed by atoms with Gasteiger partial charge in [-0.05, 0) is 23.8 Å². The third-order valence-electron chi connectivity index (χ3n) is 2.88. The fraction of sp³-hybridized carbons (Fsp3) is 0.0667. The quantitative estimate of drug-likeness (QED) is 0.723. The molecule has 0 saturated heterocycles. The van der Waals surface area contributed by atoms with Crippen LogP contribution in [0.25, 0.3) is 6.08 Å². The Morgan fingerprint density at radius 2 is 1.53 bits per heavy atom. The van der Waals surface area contributed by atoms with Gasteiger partial charge in [0.1, 0.15) is 0 Å². The summed E-state index contributed by atoms with van der Waals surface area (Å²) in [5.74, 6) is 0. The van der Waals surface area contributed by atoms with Crippen LogP contribution in [0.5, 0.6) is 0 Å². The molecule has 0 saturated carbocycles. The van der Waals surface area contributed by atoms with Gasteiger partial charge in [-0.25, -0.2) is 0 Å². The van der Waals surface area contributed by atoms with Crippen molar-refractivity contribution in [2.75, 3.05) is 11.4 Å². The van der Waals surface area contributed by atoms with Crippen molar-refractivity contribution in [1.82, 2.24) is 0 Å². The van der Waals surface area contributed by atoms with Crippen LogP contribution >= 0.6 is 0 Å². The molecule has 0 N–H and O–H groups in total. The van der Waals surface area contributed by atoms with Gasteiger partial charge in [-0.1, -0.05) is 48.6 Å². The van der Waals surface area contributed by atoms with Crippen molar-refractivity contribution < 1.29 is 19.5 Å². The maximum atomic E-state index is 2.33. The number of hydrogen-bond acceptors (Lipinski definition) is 1. The van der Waals surface area contributed by atoms with Crippen LogP contribution in [0.1, 0.15) is 5.56 Å². The first-order chi connectivity index (χ1) is 7.95. The van der Waals surface area contributed by atoms with Crippen molar-refractivity contribution in [3.63, 3.8) is 0 Å². The van der Waals surface area contributed by atoms with E-state index >= 15 is 0 Å². The summed E-state index contributed by atoms with van der Waals surface area (Å²) < 4.78 is 0. The first kappa shape index (κ1) is 12.1. The summed E-state index contributed by atoms with van der Waals surface area (Å²) >= 11 is 0. The van der Waals surface area contributed by atoms with E-state index in [1.54, 1.807) is 0 Å². The summed E-state index contributed by atoms with van der Waals surface area (Å²) in [7, 11) is 0. The van der Waals surface area contributed by atoms with Crippen molar-refractivity contribution in [1.29, 1.82) is 0 Å². The smallest absolute Gasteiger partial charge is 0.0487 e. The fourth-order valence-electron chi connectivity index (χ4n) is 2.11. The average Bonchev–Trinajstić information content (AvgIpc) is 2.39. The molecule has 1 aliphatic heterocycles. The zero-order valence-corrected chi connectivity index (χ0v) is 11.1. The molecular weight excluding hydrogens is 295 g/mol. The van der Waals surface area contributed by atoms with Crippen LogP contribution in [0.4, 0.5) is 11.4 Å². The molecule has 0 radical (unpaired) electrons. The standard InChI is InChI=1S/C15H13N.Ru/c1-2-9-14(10-3-1)16-12-6-8-13-7-4-5-11-15(13)16;/h1-11H,12H2;. The Kier molecular flexibility index (Phi) is 3.76. The topological polar surface area (TPSA) is 3.24 Å². The van der Waals surface area contributed by atoms with E-state index in [1.165, 1.54) is 16.9 Å². The molecule has 17 heavy (non-hydrogen) atoms. The molecule has 2 aromatic carbocycles. The Morgan fingerprint density at radius 1 is 0.824 bits per heavy atom. The summed E-state index contributed by atoms with van der Waals surface area (Å²) in [6.45, 7) is 0.945. The molecule has 1 nitrogen and oxygen atoms in total. The Hall–Kier alpha value is -1.40. The Labute approximate surface area is 115 Å². The SMILES string of the molecule is C1=Cc2ccccc2N(c2ccccc2)C1.[Ru].